The van der Waals surface area contributed by atoms with E-state index in [9.17, 15) is 4.79 Å². The van der Waals surface area contributed by atoms with Crippen LogP contribution in [-0.4, -0.2) is 15.9 Å². The monoisotopic (exact) mass is 369 g/mol. The molecule has 0 radical (unpaired) electrons. The molecule has 1 amide bonds. The van der Waals surface area contributed by atoms with Crippen LogP contribution in [0, 0.1) is 6.92 Å². The third kappa shape index (κ3) is 4.59. The number of para-hydroxylation sites is 1. The molecule has 0 spiro atoms. The second-order valence-electron chi connectivity index (χ2n) is 5.38. The molecule has 1 N–H and O–H groups in total. The van der Waals surface area contributed by atoms with E-state index in [4.69, 9.17) is 11.6 Å². The Hall–Kier alpha value is -2.37. The molecule has 0 aliphatic heterocycles. The molecule has 0 aliphatic rings. The Morgan fingerprint density at radius 1 is 1.12 bits per heavy atom. The summed E-state index contributed by atoms with van der Waals surface area (Å²) in [6.45, 7) is 2.07. The van der Waals surface area contributed by atoms with Crippen LogP contribution < -0.4 is 5.32 Å². The van der Waals surface area contributed by atoms with Gasteiger partial charge < -0.3 is 5.32 Å². The molecule has 1 aromatic heterocycles. The number of aromatic nitrogens is 2. The maximum absolute atomic E-state index is 12.4. The molecular formula is C19H16ClN3OS. The molecule has 0 atom stereocenters. The van der Waals surface area contributed by atoms with Crippen molar-refractivity contribution in [2.45, 2.75) is 17.8 Å². The van der Waals surface area contributed by atoms with Crippen LogP contribution in [0.4, 0.5) is 5.69 Å². The lowest BCUT2D eigenvalue weighted by molar-refractivity contribution is 0.102. The number of hydrogen-bond donors (Lipinski definition) is 1. The largest absolute Gasteiger partial charge is 0.321 e. The van der Waals surface area contributed by atoms with E-state index >= 15 is 0 Å². The Balaban J connectivity index is 1.74. The zero-order valence-electron chi connectivity index (χ0n) is 13.6. The molecular weight excluding hydrogens is 354 g/mol. The lowest BCUT2D eigenvalue weighted by atomic mass is 10.1. The fourth-order valence-corrected chi connectivity index (χ4v) is 3.27. The lowest BCUT2D eigenvalue weighted by Crippen LogP contribution is -2.15. The highest BCUT2D eigenvalue weighted by atomic mass is 35.5. The summed E-state index contributed by atoms with van der Waals surface area (Å²) in [5, 5.41) is 3.54. The number of amides is 1. The minimum atomic E-state index is -0.351. The maximum atomic E-state index is 12.4. The number of hydrogen-bond acceptors (Lipinski definition) is 4. The van der Waals surface area contributed by atoms with Crippen LogP contribution in [-0.2, 0) is 5.75 Å². The predicted molar refractivity (Wildman–Crippen MR) is 102 cm³/mol. The van der Waals surface area contributed by atoms with Crippen molar-refractivity contribution in [3.05, 3.63) is 82.6 Å². The maximum Gasteiger partial charge on any atom is 0.275 e. The Bertz CT molecular complexity index is 887. The van der Waals surface area contributed by atoms with E-state index in [1.165, 1.54) is 29.1 Å². The number of halogens is 1. The van der Waals surface area contributed by atoms with E-state index in [0.717, 1.165) is 5.75 Å². The number of anilines is 1. The molecule has 2 aromatic carbocycles. The fraction of sp³-hybridized carbons (Fsp3) is 0.105. The number of benzene rings is 2. The van der Waals surface area contributed by atoms with Crippen LogP contribution in [0.5, 0.6) is 0 Å². The average Bonchev–Trinajstić information content (AvgIpc) is 2.63. The van der Waals surface area contributed by atoms with Crippen molar-refractivity contribution < 1.29 is 4.79 Å². The zero-order chi connectivity index (χ0) is 17.6. The van der Waals surface area contributed by atoms with Gasteiger partial charge in [-0.15, -0.1) is 0 Å². The fourth-order valence-electron chi connectivity index (χ4n) is 2.21. The van der Waals surface area contributed by atoms with Crippen LogP contribution in [0.1, 0.15) is 21.6 Å². The first kappa shape index (κ1) is 17.5. The molecule has 4 nitrogen and oxygen atoms in total. The molecule has 3 rings (SSSR count). The van der Waals surface area contributed by atoms with Crippen LogP contribution in [0.3, 0.4) is 0 Å². The average molecular weight is 370 g/mol. The summed E-state index contributed by atoms with van der Waals surface area (Å²) < 4.78 is 0. The number of nitrogens with zero attached hydrogens (tertiary/aromatic N) is 2. The third-order valence-corrected chi connectivity index (χ3v) is 4.77. The van der Waals surface area contributed by atoms with Crippen molar-refractivity contribution in [2.75, 3.05) is 5.32 Å². The van der Waals surface area contributed by atoms with Gasteiger partial charge in [0.05, 0.1) is 11.2 Å². The summed E-state index contributed by atoms with van der Waals surface area (Å²) in [4.78, 5) is 21.0. The molecule has 6 heteroatoms. The molecule has 1 heterocycles. The second-order valence-corrected chi connectivity index (χ2v) is 6.73. The number of rotatable bonds is 5. The normalized spacial score (nSPS) is 10.5. The molecule has 0 saturated carbocycles. The molecule has 0 fully saturated rings. The van der Waals surface area contributed by atoms with Gasteiger partial charge in [-0.25, -0.2) is 9.97 Å². The van der Waals surface area contributed by atoms with Gasteiger partial charge in [-0.3, -0.25) is 4.79 Å². The number of thioether (sulfide) groups is 1. The second kappa shape index (κ2) is 8.14. The summed E-state index contributed by atoms with van der Waals surface area (Å²) in [5.41, 5.74) is 3.29. The van der Waals surface area contributed by atoms with Crippen LogP contribution in [0.2, 0.25) is 5.02 Å². The highest BCUT2D eigenvalue weighted by molar-refractivity contribution is 7.98. The summed E-state index contributed by atoms with van der Waals surface area (Å²) in [6, 6.07) is 17.3. The first-order valence-corrected chi connectivity index (χ1v) is 9.06. The van der Waals surface area contributed by atoms with Gasteiger partial charge in [-0.05, 0) is 30.2 Å². The van der Waals surface area contributed by atoms with E-state index in [1.54, 1.807) is 12.1 Å². The number of carbonyl (C=O) groups excluding carboxylic acids is 1. The zero-order valence-corrected chi connectivity index (χ0v) is 15.1. The molecule has 3 aromatic rings. The summed E-state index contributed by atoms with van der Waals surface area (Å²) >= 11 is 7.58. The van der Waals surface area contributed by atoms with Gasteiger partial charge in [-0.2, -0.15) is 0 Å². The van der Waals surface area contributed by atoms with Gasteiger partial charge in [0.25, 0.3) is 5.91 Å². The van der Waals surface area contributed by atoms with E-state index < -0.39 is 0 Å². The van der Waals surface area contributed by atoms with Crippen molar-refractivity contribution in [2.24, 2.45) is 0 Å². The molecule has 126 valence electrons. The van der Waals surface area contributed by atoms with Gasteiger partial charge in [0.15, 0.2) is 10.9 Å². The topological polar surface area (TPSA) is 54.9 Å². The minimum absolute atomic E-state index is 0.174. The first-order valence-electron chi connectivity index (χ1n) is 7.70. The van der Waals surface area contributed by atoms with Crippen molar-refractivity contribution in [3.63, 3.8) is 0 Å². The molecule has 0 bridgehead atoms. The molecule has 0 unspecified atom stereocenters. The summed E-state index contributed by atoms with van der Waals surface area (Å²) in [6.07, 6.45) is 1.47. The van der Waals surface area contributed by atoms with Crippen LogP contribution in [0.25, 0.3) is 0 Å². The molecule has 25 heavy (non-hydrogen) atoms. The van der Waals surface area contributed by atoms with Crippen LogP contribution in [0.15, 0.2) is 66.0 Å². The van der Waals surface area contributed by atoms with Gasteiger partial charge in [0.1, 0.15) is 0 Å². The smallest absolute Gasteiger partial charge is 0.275 e. The van der Waals surface area contributed by atoms with Gasteiger partial charge >= 0.3 is 0 Å². The SMILES string of the molecule is Cc1ccccc1CSc1ncc(Cl)c(C(=O)Nc2ccccc2)n1. The van der Waals surface area contributed by atoms with Gasteiger partial charge in [-0.1, -0.05) is 65.8 Å². The van der Waals surface area contributed by atoms with Crippen molar-refractivity contribution in [1.82, 2.24) is 9.97 Å². The third-order valence-electron chi connectivity index (χ3n) is 3.59. The van der Waals surface area contributed by atoms with E-state index in [2.05, 4.69) is 34.3 Å². The van der Waals surface area contributed by atoms with E-state index in [-0.39, 0.29) is 16.6 Å². The standard InChI is InChI=1S/C19H16ClN3OS/c1-13-7-5-6-8-14(13)12-25-19-21-11-16(20)17(23-19)18(24)22-15-9-3-2-4-10-15/h2-11H,12H2,1H3,(H,22,24). The van der Waals surface area contributed by atoms with Gasteiger partial charge in [0, 0.05) is 11.4 Å². The summed E-state index contributed by atoms with van der Waals surface area (Å²) in [5.74, 6) is 0.380. The lowest BCUT2D eigenvalue weighted by Gasteiger charge is -2.08. The van der Waals surface area contributed by atoms with Crippen LogP contribution >= 0.6 is 23.4 Å². The predicted octanol–water partition coefficient (Wildman–Crippen LogP) is 4.98. The number of carbonyl (C=O) groups is 1. The Morgan fingerprint density at radius 2 is 1.84 bits per heavy atom. The molecule has 0 saturated heterocycles. The van der Waals surface area contributed by atoms with Gasteiger partial charge in [0.2, 0.25) is 0 Å². The van der Waals surface area contributed by atoms with Crippen molar-refractivity contribution in [3.8, 4) is 0 Å². The number of aryl methyl sites for hydroxylation is 1. The van der Waals surface area contributed by atoms with Crippen molar-refractivity contribution >= 4 is 35.0 Å². The molecule has 0 aliphatic carbocycles. The Labute approximate surface area is 155 Å². The van der Waals surface area contributed by atoms with E-state index in [0.29, 0.717) is 10.8 Å². The Kier molecular flexibility index (Phi) is 5.68. The highest BCUT2D eigenvalue weighted by Gasteiger charge is 2.15. The number of nitrogens with one attached hydrogen (secondary N) is 1. The Morgan fingerprint density at radius 3 is 2.60 bits per heavy atom. The summed E-state index contributed by atoms with van der Waals surface area (Å²) in [7, 11) is 0. The van der Waals surface area contributed by atoms with Crippen molar-refractivity contribution in [1.29, 1.82) is 0 Å². The van der Waals surface area contributed by atoms with E-state index in [1.807, 2.05) is 30.3 Å². The first-order chi connectivity index (χ1) is 12.1. The highest BCUT2D eigenvalue weighted by Crippen LogP contribution is 2.24. The minimum Gasteiger partial charge on any atom is -0.321 e. The quantitative estimate of drug-likeness (QED) is 0.509.